The van der Waals surface area contributed by atoms with Gasteiger partial charge in [0.2, 0.25) is 0 Å². The van der Waals surface area contributed by atoms with E-state index in [9.17, 15) is 4.79 Å². The van der Waals surface area contributed by atoms with E-state index in [1.165, 1.54) is 0 Å². The molecule has 0 unspecified atom stereocenters. The second-order valence-corrected chi connectivity index (χ2v) is 3.53. The van der Waals surface area contributed by atoms with Crippen LogP contribution in [0.3, 0.4) is 0 Å². The molecule has 0 aliphatic rings. The average Bonchev–Trinajstić information content (AvgIpc) is 2.01. The van der Waals surface area contributed by atoms with Crippen LogP contribution in [0.5, 0.6) is 0 Å². The molecule has 0 aromatic heterocycles. The van der Waals surface area contributed by atoms with E-state index in [1.54, 1.807) is 6.92 Å². The van der Waals surface area contributed by atoms with Crippen LogP contribution in [-0.4, -0.2) is 12.3 Å². The lowest BCUT2D eigenvalue weighted by Crippen LogP contribution is -2.11. The summed E-state index contributed by atoms with van der Waals surface area (Å²) < 4.78 is 0. The Morgan fingerprint density at radius 1 is 1.38 bits per heavy atom. The third kappa shape index (κ3) is 4.63. The van der Waals surface area contributed by atoms with E-state index in [0.29, 0.717) is 12.5 Å². The Bertz CT molecular complexity index is 236. The third-order valence-electron chi connectivity index (χ3n) is 1.84. The zero-order valence-corrected chi connectivity index (χ0v) is 8.92. The van der Waals surface area contributed by atoms with E-state index in [0.717, 1.165) is 11.1 Å². The summed E-state index contributed by atoms with van der Waals surface area (Å²) >= 11 is 0. The van der Waals surface area contributed by atoms with Crippen molar-refractivity contribution < 1.29 is 4.79 Å². The number of nitrogens with two attached hydrogens (primary N) is 1. The molecule has 0 spiro atoms. The predicted molar refractivity (Wildman–Crippen MR) is 56.4 cm³/mol. The van der Waals surface area contributed by atoms with Crippen molar-refractivity contribution >= 4 is 5.78 Å². The second-order valence-electron chi connectivity index (χ2n) is 3.53. The first-order chi connectivity index (χ1) is 5.99. The molecule has 0 heterocycles. The van der Waals surface area contributed by atoms with Crippen molar-refractivity contribution in [3.05, 3.63) is 23.3 Å². The minimum absolute atomic E-state index is 0.0633. The molecule has 74 valence electrons. The molecule has 0 amide bonds. The molecular weight excluding hydrogens is 162 g/mol. The van der Waals surface area contributed by atoms with Crippen LogP contribution in [0.1, 0.15) is 27.7 Å². The lowest BCUT2D eigenvalue weighted by Gasteiger charge is -2.03. The van der Waals surface area contributed by atoms with Gasteiger partial charge in [-0.3, -0.25) is 4.79 Å². The van der Waals surface area contributed by atoms with Crippen LogP contribution >= 0.6 is 0 Å². The van der Waals surface area contributed by atoms with Crippen molar-refractivity contribution in [2.24, 2.45) is 11.7 Å². The number of Topliss-reactive ketones (excluding diaryl/α,β-unsaturated/α-hetero) is 1. The Labute approximate surface area is 80.5 Å². The molecule has 0 aromatic rings. The van der Waals surface area contributed by atoms with Gasteiger partial charge >= 0.3 is 0 Å². The summed E-state index contributed by atoms with van der Waals surface area (Å²) in [5.41, 5.74) is 7.16. The van der Waals surface area contributed by atoms with Gasteiger partial charge in [0.15, 0.2) is 5.78 Å². The van der Waals surface area contributed by atoms with Gasteiger partial charge < -0.3 is 5.73 Å². The standard InChI is InChI=1S/C11H19NO/c1-8(2)5-6-9(3)11(7-12)10(4)13/h5-6,8H,7,12H2,1-4H3. The van der Waals surface area contributed by atoms with Crippen molar-refractivity contribution in [3.63, 3.8) is 0 Å². The summed E-state index contributed by atoms with van der Waals surface area (Å²) in [7, 11) is 0. The monoisotopic (exact) mass is 181 g/mol. The van der Waals surface area contributed by atoms with Crippen LogP contribution in [0, 0.1) is 5.92 Å². The maximum absolute atomic E-state index is 11.1. The smallest absolute Gasteiger partial charge is 0.157 e. The van der Waals surface area contributed by atoms with Crippen LogP contribution in [-0.2, 0) is 4.79 Å². The number of allylic oxidation sites excluding steroid dienone is 3. The number of ketones is 1. The summed E-state index contributed by atoms with van der Waals surface area (Å²) in [6.07, 6.45) is 4.03. The van der Waals surface area contributed by atoms with E-state index >= 15 is 0 Å². The van der Waals surface area contributed by atoms with Crippen molar-refractivity contribution in [2.75, 3.05) is 6.54 Å². The lowest BCUT2D eigenvalue weighted by molar-refractivity contribution is -0.113. The molecule has 0 bridgehead atoms. The van der Waals surface area contributed by atoms with Gasteiger partial charge in [-0.2, -0.15) is 0 Å². The number of carbonyl (C=O) groups is 1. The maximum Gasteiger partial charge on any atom is 0.157 e. The second kappa shape index (κ2) is 5.70. The molecule has 2 nitrogen and oxygen atoms in total. The topological polar surface area (TPSA) is 43.1 Å². The van der Waals surface area contributed by atoms with Gasteiger partial charge in [0.25, 0.3) is 0 Å². The lowest BCUT2D eigenvalue weighted by atomic mass is 10.0. The molecule has 0 saturated carbocycles. The zero-order valence-electron chi connectivity index (χ0n) is 8.92. The maximum atomic E-state index is 11.1. The SMILES string of the molecule is CC(=O)C(CN)=C(C)C=CC(C)C. The first kappa shape index (κ1) is 12.1. The molecule has 0 saturated heterocycles. The molecule has 0 aliphatic carbocycles. The number of hydrogen-bond donors (Lipinski definition) is 1. The molecule has 0 aliphatic heterocycles. The minimum Gasteiger partial charge on any atom is -0.326 e. The summed E-state index contributed by atoms with van der Waals surface area (Å²) in [5, 5.41) is 0. The molecule has 13 heavy (non-hydrogen) atoms. The van der Waals surface area contributed by atoms with E-state index in [1.807, 2.05) is 13.0 Å². The van der Waals surface area contributed by atoms with Gasteiger partial charge in [-0.05, 0) is 25.3 Å². The Hall–Kier alpha value is -0.890. The Kier molecular flexibility index (Phi) is 5.31. The quantitative estimate of drug-likeness (QED) is 0.533. The Morgan fingerprint density at radius 2 is 1.92 bits per heavy atom. The fourth-order valence-electron chi connectivity index (χ4n) is 1.02. The summed E-state index contributed by atoms with van der Waals surface area (Å²) in [5.74, 6) is 0.564. The van der Waals surface area contributed by atoms with E-state index in [2.05, 4.69) is 19.9 Å². The van der Waals surface area contributed by atoms with E-state index < -0.39 is 0 Å². The highest BCUT2D eigenvalue weighted by molar-refractivity contribution is 5.94. The summed E-state index contributed by atoms with van der Waals surface area (Å²) in [6.45, 7) is 7.99. The Morgan fingerprint density at radius 3 is 2.23 bits per heavy atom. The molecule has 0 radical (unpaired) electrons. The molecule has 2 N–H and O–H groups in total. The number of hydrogen-bond acceptors (Lipinski definition) is 2. The van der Waals surface area contributed by atoms with Crippen LogP contribution in [0.15, 0.2) is 23.3 Å². The fourth-order valence-corrected chi connectivity index (χ4v) is 1.02. The van der Waals surface area contributed by atoms with Gasteiger partial charge in [0, 0.05) is 12.1 Å². The highest BCUT2D eigenvalue weighted by Gasteiger charge is 2.03. The normalized spacial score (nSPS) is 13.7. The number of carbonyl (C=O) groups excluding carboxylic acids is 1. The third-order valence-corrected chi connectivity index (χ3v) is 1.84. The van der Waals surface area contributed by atoms with Gasteiger partial charge in [-0.1, -0.05) is 26.0 Å². The van der Waals surface area contributed by atoms with Gasteiger partial charge in [-0.25, -0.2) is 0 Å². The van der Waals surface area contributed by atoms with Gasteiger partial charge in [0.1, 0.15) is 0 Å². The fraction of sp³-hybridized carbons (Fsp3) is 0.545. The highest BCUT2D eigenvalue weighted by Crippen LogP contribution is 2.07. The first-order valence-corrected chi connectivity index (χ1v) is 4.58. The summed E-state index contributed by atoms with van der Waals surface area (Å²) in [6, 6.07) is 0. The van der Waals surface area contributed by atoms with E-state index in [-0.39, 0.29) is 5.78 Å². The molecule has 0 rings (SSSR count). The largest absolute Gasteiger partial charge is 0.326 e. The van der Waals surface area contributed by atoms with Crippen molar-refractivity contribution in [2.45, 2.75) is 27.7 Å². The zero-order chi connectivity index (χ0) is 10.4. The molecule has 0 fully saturated rings. The van der Waals surface area contributed by atoms with E-state index in [4.69, 9.17) is 5.73 Å². The summed E-state index contributed by atoms with van der Waals surface area (Å²) in [4.78, 5) is 11.1. The molecule has 0 aromatic carbocycles. The van der Waals surface area contributed by atoms with Crippen molar-refractivity contribution in [1.82, 2.24) is 0 Å². The van der Waals surface area contributed by atoms with Gasteiger partial charge in [0.05, 0.1) is 0 Å². The van der Waals surface area contributed by atoms with Crippen molar-refractivity contribution in [1.29, 1.82) is 0 Å². The molecular formula is C11H19NO. The Balaban J connectivity index is 4.67. The highest BCUT2D eigenvalue weighted by atomic mass is 16.1. The van der Waals surface area contributed by atoms with Crippen LogP contribution in [0.25, 0.3) is 0 Å². The molecule has 2 heteroatoms. The minimum atomic E-state index is 0.0633. The van der Waals surface area contributed by atoms with Crippen molar-refractivity contribution in [3.8, 4) is 0 Å². The average molecular weight is 181 g/mol. The van der Waals surface area contributed by atoms with Crippen LogP contribution in [0.2, 0.25) is 0 Å². The predicted octanol–water partition coefficient (Wildman–Crippen LogP) is 2.06. The van der Waals surface area contributed by atoms with Crippen LogP contribution in [0.4, 0.5) is 0 Å². The van der Waals surface area contributed by atoms with Gasteiger partial charge in [-0.15, -0.1) is 0 Å². The number of rotatable bonds is 4. The first-order valence-electron chi connectivity index (χ1n) is 4.58. The van der Waals surface area contributed by atoms with Crippen LogP contribution < -0.4 is 5.73 Å². The molecule has 0 atom stereocenters.